The van der Waals surface area contributed by atoms with Crippen LogP contribution in [0.3, 0.4) is 0 Å². The Morgan fingerprint density at radius 2 is 1.71 bits per heavy atom. The Morgan fingerprint density at radius 1 is 1.06 bits per heavy atom. The Morgan fingerprint density at radius 3 is 2.34 bits per heavy atom. The predicted octanol–water partition coefficient (Wildman–Crippen LogP) is 2.98. The third-order valence-electron chi connectivity index (χ3n) is 5.83. The Bertz CT molecular complexity index is 1310. The number of sulfonamides is 1. The van der Waals surface area contributed by atoms with Crippen LogP contribution in [0.5, 0.6) is 5.75 Å². The highest BCUT2D eigenvalue weighted by atomic mass is 32.2. The number of piperazine rings is 1. The molecule has 0 radical (unpaired) electrons. The number of aromatic nitrogens is 3. The Labute approximate surface area is 206 Å². The summed E-state index contributed by atoms with van der Waals surface area (Å²) in [7, 11) is 0.478. The molecule has 0 amide bonds. The fraction of sp³-hybridized carbons (Fsp3) is 0.333. The number of rotatable bonds is 8. The normalized spacial score (nSPS) is 14.6. The predicted molar refractivity (Wildman–Crippen MR) is 140 cm³/mol. The van der Waals surface area contributed by atoms with Gasteiger partial charge in [0.2, 0.25) is 16.0 Å². The fourth-order valence-electron chi connectivity index (χ4n) is 3.96. The lowest BCUT2D eigenvalue weighted by molar-refractivity contribution is 0.311. The van der Waals surface area contributed by atoms with Crippen LogP contribution in [0.15, 0.2) is 49.0 Å². The zero-order valence-electron chi connectivity index (χ0n) is 20.4. The second kappa shape index (κ2) is 9.96. The molecule has 1 fully saturated rings. The molecule has 186 valence electrons. The molecular formula is C24H31N7O3S. The van der Waals surface area contributed by atoms with E-state index in [2.05, 4.69) is 49.6 Å². The molecule has 1 aliphatic heterocycles. The molecule has 0 atom stereocenters. The number of hydrogen-bond donors (Lipinski definition) is 2. The van der Waals surface area contributed by atoms with Gasteiger partial charge in [0.25, 0.3) is 0 Å². The Kier molecular flexibility index (Phi) is 6.99. The van der Waals surface area contributed by atoms with E-state index in [1.807, 2.05) is 19.1 Å². The van der Waals surface area contributed by atoms with Crippen LogP contribution >= 0.6 is 0 Å². The van der Waals surface area contributed by atoms with E-state index < -0.39 is 10.0 Å². The Balaban J connectivity index is 1.49. The molecular weight excluding hydrogens is 466 g/mol. The topological polar surface area (TPSA) is 105 Å². The van der Waals surface area contributed by atoms with Crippen LogP contribution in [0.4, 0.5) is 23.0 Å². The van der Waals surface area contributed by atoms with Gasteiger partial charge in [-0.05, 0) is 43.8 Å². The summed E-state index contributed by atoms with van der Waals surface area (Å²) in [5.74, 6) is 1.90. The number of aryl methyl sites for hydroxylation is 1. The molecule has 2 N–H and O–H groups in total. The summed E-state index contributed by atoms with van der Waals surface area (Å²) in [5, 5.41) is 7.82. The lowest BCUT2D eigenvalue weighted by atomic mass is 10.1. The van der Waals surface area contributed by atoms with E-state index in [1.54, 1.807) is 36.1 Å². The molecule has 11 heteroatoms. The smallest absolute Gasteiger partial charge is 0.247 e. The first-order valence-electron chi connectivity index (χ1n) is 11.2. The van der Waals surface area contributed by atoms with E-state index in [-0.39, 0.29) is 0 Å². The number of nitrogens with one attached hydrogen (secondary N) is 2. The van der Waals surface area contributed by atoms with Gasteiger partial charge in [0, 0.05) is 43.6 Å². The van der Waals surface area contributed by atoms with Gasteiger partial charge in [0.15, 0.2) is 0 Å². The first-order chi connectivity index (χ1) is 16.6. The molecule has 0 aliphatic carbocycles. The summed E-state index contributed by atoms with van der Waals surface area (Å²) in [6.45, 7) is 9.94. The summed E-state index contributed by atoms with van der Waals surface area (Å²) in [4.78, 5) is 9.18. The minimum Gasteiger partial charge on any atom is -0.495 e. The highest BCUT2D eigenvalue weighted by molar-refractivity contribution is 7.92. The van der Waals surface area contributed by atoms with Crippen LogP contribution < -0.4 is 19.7 Å². The van der Waals surface area contributed by atoms with Gasteiger partial charge >= 0.3 is 0 Å². The van der Waals surface area contributed by atoms with Gasteiger partial charge in [-0.1, -0.05) is 18.7 Å². The van der Waals surface area contributed by atoms with Gasteiger partial charge in [-0.15, -0.1) is 5.10 Å². The molecule has 1 aliphatic rings. The van der Waals surface area contributed by atoms with Crippen molar-refractivity contribution in [3.63, 3.8) is 0 Å². The van der Waals surface area contributed by atoms with Gasteiger partial charge in [0.1, 0.15) is 11.6 Å². The van der Waals surface area contributed by atoms with Crippen LogP contribution in [-0.4, -0.2) is 74.7 Å². The van der Waals surface area contributed by atoms with E-state index in [0.717, 1.165) is 55.1 Å². The van der Waals surface area contributed by atoms with Crippen molar-refractivity contribution < 1.29 is 13.2 Å². The molecule has 1 saturated heterocycles. The number of anilines is 4. The summed E-state index contributed by atoms with van der Waals surface area (Å²) in [6.07, 6.45) is 1.11. The highest BCUT2D eigenvalue weighted by Crippen LogP contribution is 2.33. The van der Waals surface area contributed by atoms with Gasteiger partial charge < -0.3 is 19.9 Å². The molecule has 0 saturated carbocycles. The lowest BCUT2D eigenvalue weighted by Gasteiger charge is -2.34. The summed E-state index contributed by atoms with van der Waals surface area (Å²) >= 11 is 0. The number of benzene rings is 2. The highest BCUT2D eigenvalue weighted by Gasteiger charge is 2.18. The van der Waals surface area contributed by atoms with Crippen LogP contribution in [0.2, 0.25) is 0 Å². The van der Waals surface area contributed by atoms with Gasteiger partial charge in [-0.3, -0.25) is 4.72 Å². The second-order valence-corrected chi connectivity index (χ2v) is 10.3. The zero-order valence-corrected chi connectivity index (χ0v) is 21.3. The van der Waals surface area contributed by atoms with Crippen LogP contribution in [0, 0.1) is 6.92 Å². The maximum Gasteiger partial charge on any atom is 0.247 e. The molecule has 0 unspecified atom stereocenters. The van der Waals surface area contributed by atoms with Crippen LogP contribution in [0.25, 0.3) is 5.70 Å². The van der Waals surface area contributed by atoms with Crippen LogP contribution in [-0.2, 0) is 10.0 Å². The summed E-state index contributed by atoms with van der Waals surface area (Å²) in [6, 6.07) is 12.9. The quantitative estimate of drug-likeness (QED) is 0.490. The SMILES string of the molecule is C=C(c1ccc(NS(C)(=O)=O)cc1)n1nc(Nc2ccc(N3CCN(C)CC3)c(OC)c2)nc1C. The largest absolute Gasteiger partial charge is 0.495 e. The maximum absolute atomic E-state index is 11.4. The molecule has 4 rings (SSSR count). The third-order valence-corrected chi connectivity index (χ3v) is 6.43. The number of hydrogen-bond acceptors (Lipinski definition) is 8. The fourth-order valence-corrected chi connectivity index (χ4v) is 4.52. The monoisotopic (exact) mass is 497 g/mol. The molecule has 10 nitrogen and oxygen atoms in total. The minimum atomic E-state index is -3.33. The van der Waals surface area contributed by atoms with Crippen molar-refractivity contribution in [2.45, 2.75) is 6.92 Å². The maximum atomic E-state index is 11.4. The molecule has 2 aromatic carbocycles. The van der Waals surface area contributed by atoms with Crippen molar-refractivity contribution in [3.05, 3.63) is 60.4 Å². The van der Waals surface area contributed by atoms with E-state index in [0.29, 0.717) is 23.2 Å². The minimum absolute atomic E-state index is 0.438. The summed E-state index contributed by atoms with van der Waals surface area (Å²) in [5.41, 5.74) is 3.79. The average Bonchev–Trinajstić information content (AvgIpc) is 3.18. The third kappa shape index (κ3) is 5.92. The molecule has 0 spiro atoms. The van der Waals surface area contributed by atoms with Crippen molar-refractivity contribution in [1.82, 2.24) is 19.7 Å². The zero-order chi connectivity index (χ0) is 25.2. The van der Waals surface area contributed by atoms with Crippen molar-refractivity contribution in [3.8, 4) is 5.75 Å². The van der Waals surface area contributed by atoms with Gasteiger partial charge in [-0.25, -0.2) is 13.1 Å². The van der Waals surface area contributed by atoms with E-state index in [9.17, 15) is 8.42 Å². The average molecular weight is 498 g/mol. The van der Waals surface area contributed by atoms with Crippen molar-refractivity contribution in [1.29, 1.82) is 0 Å². The number of ether oxygens (including phenoxy) is 1. The van der Waals surface area contributed by atoms with Crippen molar-refractivity contribution in [2.24, 2.45) is 0 Å². The summed E-state index contributed by atoms with van der Waals surface area (Å²) < 4.78 is 32.6. The van der Waals surface area contributed by atoms with Crippen molar-refractivity contribution in [2.75, 3.05) is 61.5 Å². The first kappa shape index (κ1) is 24.6. The van der Waals surface area contributed by atoms with Gasteiger partial charge in [0.05, 0.1) is 24.7 Å². The van der Waals surface area contributed by atoms with E-state index in [4.69, 9.17) is 4.74 Å². The lowest BCUT2D eigenvalue weighted by Crippen LogP contribution is -2.44. The standard InChI is InChI=1S/C24H31N7O3S/c1-17(19-6-8-20(9-7-19)28-35(5,32)33)31-18(2)25-24(27-31)26-21-10-11-22(23(16-21)34-4)30-14-12-29(3)13-15-30/h6-11,16,28H,1,12-15H2,2-5H3,(H,26,27). The molecule has 1 aromatic heterocycles. The number of nitrogens with zero attached hydrogens (tertiary/aromatic N) is 5. The first-order valence-corrected chi connectivity index (χ1v) is 13.1. The molecule has 3 aromatic rings. The van der Waals surface area contributed by atoms with Gasteiger partial charge in [-0.2, -0.15) is 4.98 Å². The molecule has 2 heterocycles. The van der Waals surface area contributed by atoms with Crippen LogP contribution in [0.1, 0.15) is 11.4 Å². The van der Waals surface area contributed by atoms with E-state index in [1.165, 1.54) is 0 Å². The number of methoxy groups -OCH3 is 1. The molecule has 35 heavy (non-hydrogen) atoms. The molecule has 0 bridgehead atoms. The van der Waals surface area contributed by atoms with E-state index >= 15 is 0 Å². The van der Waals surface area contributed by atoms with Crippen molar-refractivity contribution >= 4 is 38.7 Å². The number of likely N-dealkylation sites (N-methyl/N-ethyl adjacent to an activating group) is 1. The Hall–Kier alpha value is -3.57. The second-order valence-electron chi connectivity index (χ2n) is 8.59.